The van der Waals surface area contributed by atoms with Gasteiger partial charge in [-0.05, 0) is 36.1 Å². The van der Waals surface area contributed by atoms with E-state index in [4.69, 9.17) is 9.47 Å². The second kappa shape index (κ2) is 9.52. The van der Waals surface area contributed by atoms with Crippen molar-refractivity contribution in [3.8, 4) is 11.5 Å². The van der Waals surface area contributed by atoms with Gasteiger partial charge in [-0.3, -0.25) is 4.72 Å². The molecular weight excluding hydrogens is 386 g/mol. The van der Waals surface area contributed by atoms with E-state index >= 15 is 0 Å². The molecule has 0 unspecified atom stereocenters. The van der Waals surface area contributed by atoms with Crippen LogP contribution in [-0.4, -0.2) is 41.1 Å². The van der Waals surface area contributed by atoms with Crippen LogP contribution >= 0.6 is 11.8 Å². The third-order valence-electron chi connectivity index (χ3n) is 3.51. The summed E-state index contributed by atoms with van der Waals surface area (Å²) in [4.78, 5) is 5.52. The number of rotatable bonds is 7. The molecule has 0 aliphatic rings. The predicted molar refractivity (Wildman–Crippen MR) is 111 cm³/mol. The molecule has 0 radical (unpaired) electrons. The number of hydrogen-bond donors (Lipinski definition) is 2. The molecule has 0 saturated heterocycles. The van der Waals surface area contributed by atoms with E-state index in [0.717, 1.165) is 16.7 Å². The van der Waals surface area contributed by atoms with Gasteiger partial charge in [-0.1, -0.05) is 12.1 Å². The van der Waals surface area contributed by atoms with E-state index in [1.54, 1.807) is 37.1 Å². The van der Waals surface area contributed by atoms with E-state index in [1.165, 1.54) is 7.11 Å². The zero-order valence-electron chi connectivity index (χ0n) is 15.6. The quantitative estimate of drug-likeness (QED) is 0.415. The van der Waals surface area contributed by atoms with Crippen LogP contribution in [-0.2, 0) is 16.6 Å². The maximum Gasteiger partial charge on any atom is 0.232 e. The molecule has 0 amide bonds. The molecule has 2 aromatic carbocycles. The van der Waals surface area contributed by atoms with Crippen LogP contribution in [0.25, 0.3) is 0 Å². The number of nitrogens with one attached hydrogen (secondary N) is 2. The maximum absolute atomic E-state index is 11.7. The topological polar surface area (TPSA) is 89.0 Å². The number of aliphatic imine (C=N–C) groups is 1. The third kappa shape index (κ3) is 6.69. The summed E-state index contributed by atoms with van der Waals surface area (Å²) in [6.45, 7) is 0.326. The second-order valence-corrected chi connectivity index (χ2v) is 8.21. The van der Waals surface area contributed by atoms with E-state index in [0.29, 0.717) is 23.7 Å². The lowest BCUT2D eigenvalue weighted by atomic mass is 10.2. The molecule has 2 aromatic rings. The highest BCUT2D eigenvalue weighted by atomic mass is 32.2. The highest BCUT2D eigenvalue weighted by Gasteiger charge is 2.10. The Hall–Kier alpha value is -2.39. The van der Waals surface area contributed by atoms with Gasteiger partial charge in [0.2, 0.25) is 16.0 Å². The van der Waals surface area contributed by atoms with Crippen LogP contribution in [0.5, 0.6) is 11.5 Å². The molecular formula is C18H23N3O4S2. The molecule has 2 N–H and O–H groups in total. The maximum atomic E-state index is 11.7. The minimum Gasteiger partial charge on any atom is -0.493 e. The Bertz CT molecular complexity index is 897. The highest BCUT2D eigenvalue weighted by molar-refractivity contribution is 7.98. The predicted octanol–water partition coefficient (Wildman–Crippen LogP) is 2.94. The minimum atomic E-state index is -3.49. The number of anilines is 1. The molecule has 0 heterocycles. The van der Waals surface area contributed by atoms with Crippen LogP contribution in [0.3, 0.4) is 0 Å². The minimum absolute atomic E-state index is 0.124. The number of ether oxygens (including phenoxy) is 2. The zero-order chi connectivity index (χ0) is 19.9. The number of thioether (sulfide) groups is 1. The van der Waals surface area contributed by atoms with Crippen molar-refractivity contribution in [1.29, 1.82) is 0 Å². The van der Waals surface area contributed by atoms with Crippen molar-refractivity contribution in [3.05, 3.63) is 48.0 Å². The van der Waals surface area contributed by atoms with Crippen LogP contribution in [0.15, 0.2) is 52.4 Å². The first-order valence-corrected chi connectivity index (χ1v) is 11.1. The van der Waals surface area contributed by atoms with Crippen molar-refractivity contribution in [3.63, 3.8) is 0 Å². The van der Waals surface area contributed by atoms with Gasteiger partial charge >= 0.3 is 0 Å². The molecule has 0 fully saturated rings. The lowest BCUT2D eigenvalue weighted by Crippen LogP contribution is -2.35. The normalized spacial score (nSPS) is 11.8. The molecule has 0 atom stereocenters. The Balaban J connectivity index is 2.23. The molecule has 2 rings (SSSR count). The fourth-order valence-electron chi connectivity index (χ4n) is 2.22. The summed E-state index contributed by atoms with van der Waals surface area (Å²) in [5, 5.41) is 2.97. The monoisotopic (exact) mass is 409 g/mol. The smallest absolute Gasteiger partial charge is 0.232 e. The van der Waals surface area contributed by atoms with Crippen LogP contribution in [0.2, 0.25) is 0 Å². The summed E-state index contributed by atoms with van der Waals surface area (Å²) in [7, 11) is -0.411. The van der Waals surface area contributed by atoms with E-state index in [1.807, 2.05) is 30.5 Å². The average Bonchev–Trinajstić information content (AvgIpc) is 2.65. The molecule has 7 nitrogen and oxygen atoms in total. The number of hydrogen-bond acceptors (Lipinski definition) is 6. The van der Waals surface area contributed by atoms with E-state index in [2.05, 4.69) is 15.0 Å². The van der Waals surface area contributed by atoms with Crippen molar-refractivity contribution >= 4 is 33.4 Å². The van der Waals surface area contributed by atoms with Crippen molar-refractivity contribution in [2.45, 2.75) is 11.4 Å². The third-order valence-corrected chi connectivity index (χ3v) is 4.81. The Morgan fingerprint density at radius 2 is 1.74 bits per heavy atom. The molecule has 0 bridgehead atoms. The Labute approximate surface area is 164 Å². The standard InChI is InChI=1S/C18H23N3O4S2/c1-24-16-10-7-14(11-17(16)25-2)20-18(21-27(4,22)23)19-12-13-5-8-15(26-3)9-6-13/h5-11H,12H2,1-4H3,(H2,19,20,21). The van der Waals surface area contributed by atoms with Gasteiger partial charge in [0, 0.05) is 16.6 Å². The largest absolute Gasteiger partial charge is 0.493 e. The summed E-state index contributed by atoms with van der Waals surface area (Å²) in [5.41, 5.74) is 1.58. The van der Waals surface area contributed by atoms with Gasteiger partial charge < -0.3 is 14.8 Å². The van der Waals surface area contributed by atoms with Crippen LogP contribution in [0.4, 0.5) is 5.69 Å². The Kier molecular flexibility index (Phi) is 7.37. The second-order valence-electron chi connectivity index (χ2n) is 5.58. The average molecular weight is 410 g/mol. The molecule has 9 heteroatoms. The van der Waals surface area contributed by atoms with Gasteiger partial charge in [0.05, 0.1) is 27.0 Å². The van der Waals surface area contributed by atoms with Gasteiger partial charge in [-0.25, -0.2) is 13.4 Å². The van der Waals surface area contributed by atoms with Gasteiger partial charge in [0.25, 0.3) is 0 Å². The Morgan fingerprint density at radius 3 is 2.30 bits per heavy atom. The summed E-state index contributed by atoms with van der Waals surface area (Å²) in [5.74, 6) is 1.22. The number of sulfonamides is 1. The van der Waals surface area contributed by atoms with Gasteiger partial charge in [0.1, 0.15) is 0 Å². The number of guanidine groups is 1. The lowest BCUT2D eigenvalue weighted by molar-refractivity contribution is 0.355. The molecule has 0 spiro atoms. The molecule has 0 aromatic heterocycles. The van der Waals surface area contributed by atoms with Crippen LogP contribution in [0, 0.1) is 0 Å². The fourth-order valence-corrected chi connectivity index (χ4v) is 3.10. The first-order chi connectivity index (χ1) is 12.8. The van der Waals surface area contributed by atoms with E-state index < -0.39 is 10.0 Å². The summed E-state index contributed by atoms with van der Waals surface area (Å²) >= 11 is 1.66. The van der Waals surface area contributed by atoms with Gasteiger partial charge in [-0.15, -0.1) is 11.8 Å². The fraction of sp³-hybridized carbons (Fsp3) is 0.278. The zero-order valence-corrected chi connectivity index (χ0v) is 17.3. The number of benzene rings is 2. The number of methoxy groups -OCH3 is 2. The molecule has 0 aliphatic heterocycles. The van der Waals surface area contributed by atoms with Crippen LogP contribution in [0.1, 0.15) is 5.56 Å². The molecule has 27 heavy (non-hydrogen) atoms. The van der Waals surface area contributed by atoms with Gasteiger partial charge in [-0.2, -0.15) is 0 Å². The van der Waals surface area contributed by atoms with E-state index in [9.17, 15) is 8.42 Å². The van der Waals surface area contributed by atoms with E-state index in [-0.39, 0.29) is 5.96 Å². The first kappa shape index (κ1) is 20.9. The summed E-state index contributed by atoms with van der Waals surface area (Å²) in [6.07, 6.45) is 3.08. The first-order valence-electron chi connectivity index (χ1n) is 7.99. The Morgan fingerprint density at radius 1 is 1.07 bits per heavy atom. The van der Waals surface area contributed by atoms with Crippen molar-refractivity contribution in [2.75, 3.05) is 32.0 Å². The SMILES string of the molecule is COc1ccc(NC(=NCc2ccc(SC)cc2)NS(C)(=O)=O)cc1OC. The molecule has 0 aliphatic carbocycles. The molecule has 0 saturated carbocycles. The number of nitrogens with zero attached hydrogens (tertiary/aromatic N) is 1. The van der Waals surface area contributed by atoms with Gasteiger partial charge in [0.15, 0.2) is 11.5 Å². The lowest BCUT2D eigenvalue weighted by Gasteiger charge is -2.13. The van der Waals surface area contributed by atoms with Crippen LogP contribution < -0.4 is 19.5 Å². The highest BCUT2D eigenvalue weighted by Crippen LogP contribution is 2.29. The van der Waals surface area contributed by atoms with Crippen molar-refractivity contribution in [2.24, 2.45) is 4.99 Å². The molecule has 146 valence electrons. The van der Waals surface area contributed by atoms with Crippen molar-refractivity contribution < 1.29 is 17.9 Å². The van der Waals surface area contributed by atoms with Crippen molar-refractivity contribution in [1.82, 2.24) is 4.72 Å². The summed E-state index contributed by atoms with van der Waals surface area (Å²) in [6, 6.07) is 13.1. The summed E-state index contributed by atoms with van der Waals surface area (Å²) < 4.78 is 36.2.